The van der Waals surface area contributed by atoms with Gasteiger partial charge in [0.1, 0.15) is 11.8 Å². The van der Waals surface area contributed by atoms with E-state index in [-0.39, 0.29) is 17.9 Å². The van der Waals surface area contributed by atoms with Crippen LogP contribution in [0.4, 0.5) is 0 Å². The molecule has 1 saturated heterocycles. The summed E-state index contributed by atoms with van der Waals surface area (Å²) in [5.74, 6) is -1.15. The lowest BCUT2D eigenvalue weighted by atomic mass is 9.73. The lowest BCUT2D eigenvalue weighted by Gasteiger charge is -2.46. The number of rotatable bonds is 4. The van der Waals surface area contributed by atoms with Crippen LogP contribution in [-0.4, -0.2) is 18.5 Å². The Balaban J connectivity index is 1.68. The molecule has 4 heteroatoms. The molecule has 4 rings (SSSR count). The van der Waals surface area contributed by atoms with E-state index in [0.29, 0.717) is 19.4 Å². The first-order chi connectivity index (χ1) is 12.2. The van der Waals surface area contributed by atoms with Crippen molar-refractivity contribution in [3.63, 3.8) is 0 Å². The molecule has 0 bridgehead atoms. The Morgan fingerprint density at radius 1 is 1.08 bits per heavy atom. The number of carbonyl (C=O) groups excluding carboxylic acids is 2. The second-order valence-corrected chi connectivity index (χ2v) is 6.59. The van der Waals surface area contributed by atoms with Crippen molar-refractivity contribution in [2.24, 2.45) is 11.8 Å². The molecule has 0 radical (unpaired) electrons. The zero-order chi connectivity index (χ0) is 17.4. The summed E-state index contributed by atoms with van der Waals surface area (Å²) < 4.78 is 10.8. The van der Waals surface area contributed by atoms with Gasteiger partial charge in [-0.1, -0.05) is 54.6 Å². The minimum Gasteiger partial charge on any atom is -0.466 e. The topological polar surface area (TPSA) is 52.6 Å². The van der Waals surface area contributed by atoms with E-state index < -0.39 is 11.5 Å². The molecule has 2 aromatic rings. The third-order valence-corrected chi connectivity index (χ3v) is 5.35. The molecule has 1 aliphatic carbocycles. The minimum absolute atomic E-state index is 0.209. The fourth-order valence-corrected chi connectivity index (χ4v) is 4.17. The molecule has 2 fully saturated rings. The molecule has 1 saturated carbocycles. The van der Waals surface area contributed by atoms with E-state index in [0.717, 1.165) is 16.7 Å². The van der Waals surface area contributed by atoms with E-state index >= 15 is 0 Å². The van der Waals surface area contributed by atoms with Gasteiger partial charge >= 0.3 is 11.9 Å². The number of esters is 2. The van der Waals surface area contributed by atoms with E-state index in [2.05, 4.69) is 12.1 Å². The Hall–Kier alpha value is -2.62. The number of carbonyl (C=O) groups is 2. The highest BCUT2D eigenvalue weighted by Gasteiger charge is 2.67. The second kappa shape index (κ2) is 6.03. The van der Waals surface area contributed by atoms with Crippen LogP contribution < -0.4 is 0 Å². The molecule has 2 aromatic carbocycles. The van der Waals surface area contributed by atoms with Crippen LogP contribution in [0.15, 0.2) is 54.6 Å². The van der Waals surface area contributed by atoms with Crippen molar-refractivity contribution >= 4 is 11.9 Å². The van der Waals surface area contributed by atoms with Crippen LogP contribution in [0.2, 0.25) is 0 Å². The van der Waals surface area contributed by atoms with Crippen LogP contribution in [-0.2, 0) is 24.7 Å². The summed E-state index contributed by atoms with van der Waals surface area (Å²) in [6.45, 7) is 2.12. The van der Waals surface area contributed by atoms with Crippen molar-refractivity contribution in [2.75, 3.05) is 6.61 Å². The van der Waals surface area contributed by atoms with Gasteiger partial charge in [-0.15, -0.1) is 0 Å². The Morgan fingerprint density at radius 3 is 2.40 bits per heavy atom. The highest BCUT2D eigenvalue weighted by molar-refractivity contribution is 5.87. The zero-order valence-corrected chi connectivity index (χ0v) is 14.1. The molecule has 1 heterocycles. The van der Waals surface area contributed by atoms with Gasteiger partial charge in [-0.2, -0.15) is 0 Å². The van der Waals surface area contributed by atoms with Crippen LogP contribution in [0.1, 0.15) is 25.3 Å². The summed E-state index contributed by atoms with van der Waals surface area (Å²) in [7, 11) is 0. The van der Waals surface area contributed by atoms with Crippen molar-refractivity contribution in [3.8, 4) is 11.1 Å². The molecule has 0 aromatic heterocycles. The largest absolute Gasteiger partial charge is 0.466 e. The van der Waals surface area contributed by atoms with Gasteiger partial charge in [-0.25, -0.2) is 0 Å². The molecule has 0 N–H and O–H groups in total. The lowest BCUT2D eigenvalue weighted by Crippen LogP contribution is -2.56. The Morgan fingerprint density at radius 2 is 1.76 bits per heavy atom. The first-order valence-electron chi connectivity index (χ1n) is 8.72. The Kier molecular flexibility index (Phi) is 3.83. The third kappa shape index (κ3) is 2.36. The van der Waals surface area contributed by atoms with Crippen molar-refractivity contribution in [2.45, 2.75) is 25.4 Å². The predicted molar refractivity (Wildman–Crippen MR) is 92.5 cm³/mol. The molecule has 0 amide bonds. The van der Waals surface area contributed by atoms with Crippen molar-refractivity contribution in [1.29, 1.82) is 0 Å². The van der Waals surface area contributed by atoms with Crippen LogP contribution in [0.3, 0.4) is 0 Å². The molecule has 0 spiro atoms. The van der Waals surface area contributed by atoms with Crippen molar-refractivity contribution in [1.82, 2.24) is 0 Å². The smallest absolute Gasteiger partial charge is 0.314 e. The van der Waals surface area contributed by atoms with Gasteiger partial charge in [0.15, 0.2) is 5.60 Å². The van der Waals surface area contributed by atoms with Gasteiger partial charge in [0.05, 0.1) is 6.61 Å². The average molecular weight is 336 g/mol. The zero-order valence-electron chi connectivity index (χ0n) is 14.1. The number of ether oxygens (including phenoxy) is 2. The van der Waals surface area contributed by atoms with E-state index in [1.165, 1.54) is 0 Å². The molecule has 25 heavy (non-hydrogen) atoms. The SMILES string of the molecule is CCOC(=O)[C@@H]1CC[C@H]2C(=O)O[C@@]12c1ccc(-c2ccccc2)cc1. The molecule has 0 unspecified atom stereocenters. The van der Waals surface area contributed by atoms with E-state index in [1.54, 1.807) is 6.92 Å². The van der Waals surface area contributed by atoms with Crippen LogP contribution >= 0.6 is 0 Å². The molecule has 1 aliphatic heterocycles. The Labute approximate surface area is 146 Å². The summed E-state index contributed by atoms with van der Waals surface area (Å²) in [5, 5.41) is 0. The first kappa shape index (κ1) is 15.9. The fourth-order valence-electron chi connectivity index (χ4n) is 4.17. The van der Waals surface area contributed by atoms with Crippen LogP contribution in [0.5, 0.6) is 0 Å². The molecule has 4 nitrogen and oxygen atoms in total. The summed E-state index contributed by atoms with van der Waals surface area (Å²) in [6, 6.07) is 18.1. The van der Waals surface area contributed by atoms with Gasteiger partial charge < -0.3 is 9.47 Å². The summed E-state index contributed by atoms with van der Waals surface area (Å²) in [4.78, 5) is 24.3. The maximum Gasteiger partial charge on any atom is 0.314 e. The molecule has 2 aliphatic rings. The predicted octanol–water partition coefficient (Wildman–Crippen LogP) is 3.70. The van der Waals surface area contributed by atoms with Gasteiger partial charge in [0, 0.05) is 0 Å². The number of hydrogen-bond acceptors (Lipinski definition) is 4. The van der Waals surface area contributed by atoms with Crippen molar-refractivity contribution < 1.29 is 19.1 Å². The van der Waals surface area contributed by atoms with Gasteiger partial charge in [-0.05, 0) is 36.5 Å². The maximum absolute atomic E-state index is 12.4. The highest BCUT2D eigenvalue weighted by atomic mass is 16.6. The average Bonchev–Trinajstić information content (AvgIpc) is 2.96. The van der Waals surface area contributed by atoms with Gasteiger partial charge in [0.25, 0.3) is 0 Å². The maximum atomic E-state index is 12.4. The lowest BCUT2D eigenvalue weighted by molar-refractivity contribution is -0.221. The monoisotopic (exact) mass is 336 g/mol. The van der Waals surface area contributed by atoms with E-state index in [9.17, 15) is 9.59 Å². The number of hydrogen-bond donors (Lipinski definition) is 0. The highest BCUT2D eigenvalue weighted by Crippen LogP contribution is 2.58. The summed E-state index contributed by atoms with van der Waals surface area (Å²) in [5.41, 5.74) is 2.25. The minimum atomic E-state index is -0.849. The van der Waals surface area contributed by atoms with E-state index in [4.69, 9.17) is 9.47 Å². The van der Waals surface area contributed by atoms with Crippen molar-refractivity contribution in [3.05, 3.63) is 60.2 Å². The van der Waals surface area contributed by atoms with Gasteiger partial charge in [-0.3, -0.25) is 9.59 Å². The molecular weight excluding hydrogens is 316 g/mol. The first-order valence-corrected chi connectivity index (χ1v) is 8.72. The molecule has 128 valence electrons. The standard InChI is InChI=1S/C21H20O4/c1-2-24-19(22)17-12-13-18-20(23)25-21(17,18)16-10-8-15(9-11-16)14-6-4-3-5-7-14/h3-11,17-18H,2,12-13H2,1H3/t17-,18-,21-/m0/s1. The fraction of sp³-hybridized carbons (Fsp3) is 0.333. The number of benzene rings is 2. The van der Waals surface area contributed by atoms with Crippen LogP contribution in [0, 0.1) is 11.8 Å². The second-order valence-electron chi connectivity index (χ2n) is 6.59. The Bertz CT molecular complexity index is 796. The summed E-state index contributed by atoms with van der Waals surface area (Å²) >= 11 is 0. The molecule has 3 atom stereocenters. The van der Waals surface area contributed by atoms with Crippen LogP contribution in [0.25, 0.3) is 11.1 Å². The third-order valence-electron chi connectivity index (χ3n) is 5.35. The quantitative estimate of drug-likeness (QED) is 0.799. The summed E-state index contributed by atoms with van der Waals surface area (Å²) in [6.07, 6.45) is 1.29. The number of fused-ring (bicyclic) bond motifs is 1. The van der Waals surface area contributed by atoms with Gasteiger partial charge in [0.2, 0.25) is 0 Å². The normalized spacial score (nSPS) is 27.2. The van der Waals surface area contributed by atoms with E-state index in [1.807, 2.05) is 42.5 Å². The molecular formula is C21H20O4.